The maximum Gasteiger partial charge on any atom is 0.244 e. The van der Waals surface area contributed by atoms with Crippen LogP contribution < -0.4 is 10.5 Å². The van der Waals surface area contributed by atoms with E-state index in [1.807, 2.05) is 18.2 Å². The lowest BCUT2D eigenvalue weighted by Gasteiger charge is -2.31. The van der Waals surface area contributed by atoms with Gasteiger partial charge < -0.3 is 10.5 Å². The molecule has 1 unspecified atom stereocenters. The SMILES string of the molecule is CC(CC#N)(Oc1ccccc1)C(N)=NC12CCC(C(F)F)(CC1)C2. The number of benzene rings is 1. The summed E-state index contributed by atoms with van der Waals surface area (Å²) < 4.78 is 32.8. The van der Waals surface area contributed by atoms with Gasteiger partial charge in [0.05, 0.1) is 18.0 Å². The van der Waals surface area contributed by atoms with Crippen molar-refractivity contribution >= 4 is 5.84 Å². The first-order chi connectivity index (χ1) is 11.8. The predicted octanol–water partition coefficient (Wildman–Crippen LogP) is 4.06. The number of nitrogens with two attached hydrogens (primary N) is 1. The van der Waals surface area contributed by atoms with E-state index in [4.69, 9.17) is 10.5 Å². The molecule has 1 atom stereocenters. The monoisotopic (exact) mass is 347 g/mol. The van der Waals surface area contributed by atoms with Gasteiger partial charge in [0.2, 0.25) is 6.43 Å². The molecule has 0 aromatic heterocycles. The Morgan fingerprint density at radius 3 is 2.48 bits per heavy atom. The van der Waals surface area contributed by atoms with Crippen LogP contribution in [-0.4, -0.2) is 23.4 Å². The van der Waals surface area contributed by atoms with Crippen molar-refractivity contribution in [2.24, 2.45) is 16.1 Å². The van der Waals surface area contributed by atoms with Gasteiger partial charge in [-0.3, -0.25) is 4.99 Å². The number of halogens is 2. The van der Waals surface area contributed by atoms with Gasteiger partial charge in [-0.2, -0.15) is 5.26 Å². The molecular formula is C19H23F2N3O. The normalized spacial score (nSPS) is 30.9. The summed E-state index contributed by atoms with van der Waals surface area (Å²) in [6.45, 7) is 1.73. The summed E-state index contributed by atoms with van der Waals surface area (Å²) in [4.78, 5) is 4.67. The number of fused-ring (bicyclic) bond motifs is 2. The van der Waals surface area contributed by atoms with E-state index in [9.17, 15) is 14.0 Å². The molecule has 2 aliphatic rings. The number of hydrogen-bond acceptors (Lipinski definition) is 3. The third-order valence-corrected chi connectivity index (χ3v) is 5.72. The number of nitrogens with zero attached hydrogens (tertiary/aromatic N) is 2. The fraction of sp³-hybridized carbons (Fsp3) is 0.579. The first-order valence-electron chi connectivity index (χ1n) is 8.58. The molecule has 134 valence electrons. The maximum atomic E-state index is 13.4. The van der Waals surface area contributed by atoms with Gasteiger partial charge in [0.1, 0.15) is 11.6 Å². The van der Waals surface area contributed by atoms with E-state index in [2.05, 4.69) is 11.1 Å². The van der Waals surface area contributed by atoms with Gasteiger partial charge >= 0.3 is 0 Å². The topological polar surface area (TPSA) is 71.4 Å². The fourth-order valence-electron chi connectivity index (χ4n) is 4.12. The highest BCUT2D eigenvalue weighted by Gasteiger charge is 2.59. The quantitative estimate of drug-likeness (QED) is 0.623. The molecule has 2 aliphatic carbocycles. The molecule has 3 rings (SSSR count). The van der Waals surface area contributed by atoms with Crippen LogP contribution in [0.1, 0.15) is 45.4 Å². The van der Waals surface area contributed by atoms with Gasteiger partial charge in [-0.25, -0.2) is 8.78 Å². The molecule has 2 fully saturated rings. The second-order valence-corrected chi connectivity index (χ2v) is 7.54. The molecule has 2 N–H and O–H groups in total. The van der Waals surface area contributed by atoms with Crippen molar-refractivity contribution in [2.45, 2.75) is 63.0 Å². The van der Waals surface area contributed by atoms with Crippen molar-refractivity contribution < 1.29 is 13.5 Å². The van der Waals surface area contributed by atoms with Crippen molar-refractivity contribution in [3.63, 3.8) is 0 Å². The summed E-state index contributed by atoms with van der Waals surface area (Å²) in [5, 5.41) is 9.19. The second kappa shape index (κ2) is 6.29. The lowest BCUT2D eigenvalue weighted by molar-refractivity contribution is 0.00163. The second-order valence-electron chi connectivity index (χ2n) is 7.54. The van der Waals surface area contributed by atoms with E-state index in [1.165, 1.54) is 0 Å². The Bertz CT molecular complexity index is 690. The highest BCUT2D eigenvalue weighted by Crippen LogP contribution is 2.61. The van der Waals surface area contributed by atoms with Crippen LogP contribution in [0.4, 0.5) is 8.78 Å². The molecule has 0 spiro atoms. The van der Waals surface area contributed by atoms with Crippen LogP contribution in [0, 0.1) is 16.7 Å². The van der Waals surface area contributed by atoms with E-state index < -0.39 is 23.0 Å². The molecular weight excluding hydrogens is 324 g/mol. The third kappa shape index (κ3) is 3.20. The summed E-state index contributed by atoms with van der Waals surface area (Å²) >= 11 is 0. The van der Waals surface area contributed by atoms with E-state index in [1.54, 1.807) is 19.1 Å². The number of ether oxygens (including phenoxy) is 1. The lowest BCUT2D eigenvalue weighted by Crippen LogP contribution is -2.47. The Labute approximate surface area is 146 Å². The molecule has 0 saturated heterocycles. The predicted molar refractivity (Wildman–Crippen MR) is 91.6 cm³/mol. The molecule has 1 aromatic carbocycles. The highest BCUT2D eigenvalue weighted by molar-refractivity contribution is 5.89. The van der Waals surface area contributed by atoms with Crippen LogP contribution in [0.25, 0.3) is 0 Å². The molecule has 0 aliphatic heterocycles. The molecule has 25 heavy (non-hydrogen) atoms. The Hall–Kier alpha value is -2.16. The lowest BCUT2D eigenvalue weighted by atomic mass is 9.84. The van der Waals surface area contributed by atoms with Gasteiger partial charge in [-0.05, 0) is 51.2 Å². The zero-order valence-corrected chi connectivity index (χ0v) is 14.3. The van der Waals surface area contributed by atoms with Crippen LogP contribution in [0.15, 0.2) is 35.3 Å². The van der Waals surface area contributed by atoms with Crippen LogP contribution in [-0.2, 0) is 0 Å². The number of alkyl halides is 2. The molecule has 2 saturated carbocycles. The smallest absolute Gasteiger partial charge is 0.244 e. The Morgan fingerprint density at radius 1 is 1.32 bits per heavy atom. The average molecular weight is 347 g/mol. The summed E-state index contributed by atoms with van der Waals surface area (Å²) in [5.41, 5.74) is 3.73. The number of para-hydroxylation sites is 1. The number of aliphatic imine (C=N–C) groups is 1. The standard InChI is InChI=1S/C19H23F2N3O/c1-17(11-12-22,25-14-5-3-2-4-6-14)16(23)24-19-9-7-18(13-19,8-10-19)15(20)21/h2-6,15H,7-11,13H2,1H3,(H2,23,24). The van der Waals surface area contributed by atoms with Crippen molar-refractivity contribution in [1.82, 2.24) is 0 Å². The molecule has 1 aromatic rings. The molecule has 0 radical (unpaired) electrons. The van der Waals surface area contributed by atoms with Crippen LogP contribution in [0.3, 0.4) is 0 Å². The first kappa shape index (κ1) is 17.7. The number of rotatable bonds is 6. The van der Waals surface area contributed by atoms with Crippen molar-refractivity contribution in [2.75, 3.05) is 0 Å². The molecule has 2 bridgehead atoms. The Morgan fingerprint density at radius 2 is 1.96 bits per heavy atom. The Balaban J connectivity index is 1.85. The summed E-state index contributed by atoms with van der Waals surface area (Å²) in [6, 6.07) is 11.2. The van der Waals surface area contributed by atoms with Crippen molar-refractivity contribution in [1.29, 1.82) is 5.26 Å². The number of nitriles is 1. The van der Waals surface area contributed by atoms with Crippen molar-refractivity contribution in [3.05, 3.63) is 30.3 Å². The van der Waals surface area contributed by atoms with Crippen LogP contribution >= 0.6 is 0 Å². The van der Waals surface area contributed by atoms with Crippen LogP contribution in [0.2, 0.25) is 0 Å². The minimum absolute atomic E-state index is 0.0350. The third-order valence-electron chi connectivity index (χ3n) is 5.72. The summed E-state index contributed by atoms with van der Waals surface area (Å²) in [7, 11) is 0. The highest BCUT2D eigenvalue weighted by atomic mass is 19.3. The fourth-order valence-corrected chi connectivity index (χ4v) is 4.12. The van der Waals surface area contributed by atoms with E-state index in [0.717, 1.165) is 0 Å². The van der Waals surface area contributed by atoms with Crippen LogP contribution in [0.5, 0.6) is 5.75 Å². The first-order valence-corrected chi connectivity index (χ1v) is 8.58. The van der Waals surface area contributed by atoms with E-state index in [-0.39, 0.29) is 12.3 Å². The Kier molecular flexibility index (Phi) is 4.44. The van der Waals surface area contributed by atoms with Gasteiger partial charge in [0.25, 0.3) is 0 Å². The molecule has 4 nitrogen and oxygen atoms in total. The summed E-state index contributed by atoms with van der Waals surface area (Å²) in [5.74, 6) is 0.806. The molecule has 0 heterocycles. The van der Waals surface area contributed by atoms with Gasteiger partial charge in [-0.1, -0.05) is 18.2 Å². The zero-order valence-electron chi connectivity index (χ0n) is 14.3. The van der Waals surface area contributed by atoms with E-state index in [0.29, 0.717) is 37.9 Å². The number of hydrogen-bond donors (Lipinski definition) is 1. The maximum absolute atomic E-state index is 13.4. The number of amidine groups is 1. The van der Waals surface area contributed by atoms with Gasteiger partial charge in [-0.15, -0.1) is 0 Å². The van der Waals surface area contributed by atoms with Gasteiger partial charge in [0.15, 0.2) is 5.60 Å². The minimum atomic E-state index is -2.32. The van der Waals surface area contributed by atoms with Gasteiger partial charge in [0, 0.05) is 5.41 Å². The minimum Gasteiger partial charge on any atom is -0.479 e. The zero-order chi connectivity index (χ0) is 18.1. The largest absolute Gasteiger partial charge is 0.479 e. The van der Waals surface area contributed by atoms with E-state index >= 15 is 0 Å². The summed E-state index contributed by atoms with van der Waals surface area (Å²) in [6.07, 6.45) is 0.281. The molecule has 6 heteroatoms. The molecule has 0 amide bonds. The average Bonchev–Trinajstić information content (AvgIpc) is 3.13. The van der Waals surface area contributed by atoms with Crippen molar-refractivity contribution in [3.8, 4) is 11.8 Å².